The number of carboxylic acids is 1. The molecule has 0 spiro atoms. The summed E-state index contributed by atoms with van der Waals surface area (Å²) in [4.78, 5) is 15.1. The number of aromatic nitrogens is 1. The maximum Gasteiger partial charge on any atom is 0.392 e. The van der Waals surface area contributed by atoms with E-state index in [1.165, 1.54) is 12.3 Å². The van der Waals surface area contributed by atoms with E-state index in [-0.39, 0.29) is 5.69 Å². The highest BCUT2D eigenvalue weighted by Crippen LogP contribution is 2.37. The van der Waals surface area contributed by atoms with Gasteiger partial charge in [-0.1, -0.05) is 31.2 Å². The van der Waals surface area contributed by atoms with Gasteiger partial charge in [-0.05, 0) is 11.5 Å². The van der Waals surface area contributed by atoms with Crippen molar-refractivity contribution in [2.75, 3.05) is 0 Å². The van der Waals surface area contributed by atoms with E-state index >= 15 is 0 Å². The minimum Gasteiger partial charge on any atom is -0.481 e. The van der Waals surface area contributed by atoms with Crippen molar-refractivity contribution in [1.29, 1.82) is 0 Å². The van der Waals surface area contributed by atoms with Crippen molar-refractivity contribution in [1.82, 2.24) is 4.98 Å². The molecule has 0 amide bonds. The Morgan fingerprint density at radius 2 is 1.85 bits per heavy atom. The smallest absolute Gasteiger partial charge is 0.392 e. The molecule has 1 aromatic heterocycles. The van der Waals surface area contributed by atoms with Gasteiger partial charge in [0.1, 0.15) is 5.92 Å². The van der Waals surface area contributed by atoms with Gasteiger partial charge in [-0.15, -0.1) is 0 Å². The van der Waals surface area contributed by atoms with E-state index in [0.717, 1.165) is 12.3 Å². The molecule has 1 N–H and O–H groups in total. The van der Waals surface area contributed by atoms with Gasteiger partial charge in [0.25, 0.3) is 0 Å². The average molecular weight is 283 g/mol. The van der Waals surface area contributed by atoms with Crippen molar-refractivity contribution in [2.24, 2.45) is 5.92 Å². The predicted molar refractivity (Wildman–Crippen MR) is 67.3 cm³/mol. The van der Waals surface area contributed by atoms with Crippen LogP contribution >= 0.6 is 0 Å². The van der Waals surface area contributed by atoms with Crippen molar-refractivity contribution in [2.45, 2.75) is 19.0 Å². The van der Waals surface area contributed by atoms with Gasteiger partial charge in [-0.2, -0.15) is 13.2 Å². The molecule has 6 heteroatoms. The van der Waals surface area contributed by atoms with Gasteiger partial charge in [0, 0.05) is 11.6 Å². The van der Waals surface area contributed by atoms with E-state index in [2.05, 4.69) is 4.98 Å². The third kappa shape index (κ3) is 2.74. The van der Waals surface area contributed by atoms with E-state index < -0.39 is 24.0 Å². The van der Waals surface area contributed by atoms with Crippen LogP contribution in [-0.2, 0) is 4.79 Å². The van der Waals surface area contributed by atoms with Gasteiger partial charge in [-0.25, -0.2) is 0 Å². The molecule has 0 fully saturated rings. The molecular formula is C14H12F3NO2. The lowest BCUT2D eigenvalue weighted by Gasteiger charge is -2.22. The first-order valence-corrected chi connectivity index (χ1v) is 5.95. The number of alkyl halides is 3. The molecule has 2 aromatic rings. The molecule has 2 rings (SSSR count). The van der Waals surface area contributed by atoms with Gasteiger partial charge < -0.3 is 5.11 Å². The molecule has 3 nitrogen and oxygen atoms in total. The van der Waals surface area contributed by atoms with Gasteiger partial charge in [0.15, 0.2) is 0 Å². The topological polar surface area (TPSA) is 50.2 Å². The van der Waals surface area contributed by atoms with Crippen LogP contribution in [0.4, 0.5) is 13.2 Å². The van der Waals surface area contributed by atoms with E-state index in [1.54, 1.807) is 24.3 Å². The number of hydrogen-bond donors (Lipinski definition) is 1. The lowest BCUT2D eigenvalue weighted by atomic mass is 9.89. The Labute approximate surface area is 113 Å². The quantitative estimate of drug-likeness (QED) is 0.936. The first-order chi connectivity index (χ1) is 9.30. The molecular weight excluding hydrogens is 271 g/mol. The zero-order valence-electron chi connectivity index (χ0n) is 10.6. The van der Waals surface area contributed by atoms with Crippen molar-refractivity contribution < 1.29 is 23.1 Å². The monoisotopic (exact) mass is 283 g/mol. The minimum atomic E-state index is -4.59. The van der Waals surface area contributed by atoms with Crippen molar-refractivity contribution in [3.8, 4) is 0 Å². The fourth-order valence-electron chi connectivity index (χ4n) is 2.06. The summed E-state index contributed by atoms with van der Waals surface area (Å²) in [5, 5.41) is 10.5. The minimum absolute atomic E-state index is 0.0824. The van der Waals surface area contributed by atoms with E-state index in [0.29, 0.717) is 5.39 Å². The zero-order chi connectivity index (χ0) is 14.9. The Hall–Kier alpha value is -2.11. The van der Waals surface area contributed by atoms with E-state index in [9.17, 15) is 18.0 Å². The van der Waals surface area contributed by atoms with Crippen LogP contribution in [0.3, 0.4) is 0 Å². The lowest BCUT2D eigenvalue weighted by molar-refractivity contribution is -0.184. The van der Waals surface area contributed by atoms with Crippen LogP contribution in [-0.4, -0.2) is 22.2 Å². The number of carbonyl (C=O) groups is 1. The first kappa shape index (κ1) is 14.3. The van der Waals surface area contributed by atoms with Crippen LogP contribution in [0.15, 0.2) is 36.5 Å². The molecule has 2 atom stereocenters. The summed E-state index contributed by atoms with van der Waals surface area (Å²) in [5.74, 6) is -5.24. The molecule has 20 heavy (non-hydrogen) atoms. The molecule has 0 bridgehead atoms. The fourth-order valence-corrected chi connectivity index (χ4v) is 2.06. The van der Waals surface area contributed by atoms with Crippen molar-refractivity contribution in [3.05, 3.63) is 42.2 Å². The highest BCUT2D eigenvalue weighted by molar-refractivity contribution is 5.84. The molecule has 0 aliphatic heterocycles. The van der Waals surface area contributed by atoms with Crippen molar-refractivity contribution in [3.63, 3.8) is 0 Å². The fraction of sp³-hybridized carbons (Fsp3) is 0.286. The molecule has 0 saturated heterocycles. The Morgan fingerprint density at radius 1 is 1.25 bits per heavy atom. The van der Waals surface area contributed by atoms with Crippen LogP contribution < -0.4 is 0 Å². The number of carboxylic acid groups (broad SMARTS) is 1. The number of nitrogens with zero attached hydrogens (tertiary/aromatic N) is 1. The largest absolute Gasteiger partial charge is 0.481 e. The standard InChI is InChI=1S/C14H12F3NO2/c1-8(14(15,16)17)12(13(19)20)11-6-9-4-2-3-5-10(9)7-18-11/h2-8,12H,1H3,(H,19,20)/t8-,12-/m1/s1. The summed E-state index contributed by atoms with van der Waals surface area (Å²) in [7, 11) is 0. The third-order valence-electron chi connectivity index (χ3n) is 3.25. The number of hydrogen-bond acceptors (Lipinski definition) is 2. The van der Waals surface area contributed by atoms with Gasteiger partial charge in [0.2, 0.25) is 0 Å². The Bertz CT molecular complexity index is 640. The first-order valence-electron chi connectivity index (χ1n) is 5.95. The molecule has 1 heterocycles. The van der Waals surface area contributed by atoms with Crippen LogP contribution in [0.5, 0.6) is 0 Å². The SMILES string of the molecule is C[C@H]([C@@H](C(=O)O)c1cc2ccccc2cn1)C(F)(F)F. The zero-order valence-corrected chi connectivity index (χ0v) is 10.6. The maximum absolute atomic E-state index is 12.8. The Kier molecular flexibility index (Phi) is 3.65. The average Bonchev–Trinajstić information content (AvgIpc) is 2.37. The highest BCUT2D eigenvalue weighted by atomic mass is 19.4. The second-order valence-corrected chi connectivity index (χ2v) is 4.60. The molecule has 0 aliphatic carbocycles. The maximum atomic E-state index is 12.8. The van der Waals surface area contributed by atoms with E-state index in [4.69, 9.17) is 5.11 Å². The third-order valence-corrected chi connectivity index (χ3v) is 3.25. The summed E-state index contributed by atoms with van der Waals surface area (Å²) in [6.07, 6.45) is -3.19. The van der Waals surface area contributed by atoms with Crippen LogP contribution in [0.1, 0.15) is 18.5 Å². The Balaban J connectivity index is 2.49. The van der Waals surface area contributed by atoms with Gasteiger partial charge >= 0.3 is 12.1 Å². The molecule has 106 valence electrons. The van der Waals surface area contributed by atoms with Crippen LogP contribution in [0.25, 0.3) is 10.8 Å². The number of rotatable bonds is 3. The lowest BCUT2D eigenvalue weighted by Crippen LogP contribution is -2.31. The highest BCUT2D eigenvalue weighted by Gasteiger charge is 2.45. The summed E-state index contributed by atoms with van der Waals surface area (Å²) < 4.78 is 38.3. The molecule has 0 unspecified atom stereocenters. The molecule has 0 aliphatic rings. The number of fused-ring (bicyclic) bond motifs is 1. The van der Waals surface area contributed by atoms with Crippen molar-refractivity contribution >= 4 is 16.7 Å². The van der Waals surface area contributed by atoms with Gasteiger partial charge in [0.05, 0.1) is 11.6 Å². The number of aliphatic carboxylic acids is 1. The normalized spacial score (nSPS) is 15.0. The molecule has 0 saturated carbocycles. The summed E-state index contributed by atoms with van der Waals surface area (Å²) in [6, 6.07) is 8.37. The number of halogens is 3. The van der Waals surface area contributed by atoms with Gasteiger partial charge in [-0.3, -0.25) is 9.78 Å². The second kappa shape index (κ2) is 5.11. The number of pyridine rings is 1. The Morgan fingerprint density at radius 3 is 2.40 bits per heavy atom. The van der Waals surface area contributed by atoms with Crippen LogP contribution in [0.2, 0.25) is 0 Å². The summed E-state index contributed by atoms with van der Waals surface area (Å²) in [6.45, 7) is 0.857. The number of benzene rings is 1. The summed E-state index contributed by atoms with van der Waals surface area (Å²) in [5.41, 5.74) is -0.0824. The molecule has 1 aromatic carbocycles. The second-order valence-electron chi connectivity index (χ2n) is 4.60. The molecule has 0 radical (unpaired) electrons. The van der Waals surface area contributed by atoms with E-state index in [1.807, 2.05) is 0 Å². The summed E-state index contributed by atoms with van der Waals surface area (Å²) >= 11 is 0. The van der Waals surface area contributed by atoms with Crippen LogP contribution in [0, 0.1) is 5.92 Å². The predicted octanol–water partition coefficient (Wildman–Crippen LogP) is 3.60.